The topological polar surface area (TPSA) is 84.7 Å². The molecular formula is C35H35N3O4S. The van der Waals surface area contributed by atoms with Gasteiger partial charge in [-0.05, 0) is 73.9 Å². The SMILES string of the molecule is O=C(NCCS)c1ccc(C(=O)[O-])c(C2=c3cc4c5c(c3Oc3c2cc2c6c3CCCN6CCC2)CCC[N+]=5CCC4)c1. The minimum absolute atomic E-state index is 0.0838. The molecule has 8 rings (SSSR count). The molecule has 3 aromatic rings. The number of amides is 1. The molecule has 0 saturated heterocycles. The summed E-state index contributed by atoms with van der Waals surface area (Å²) in [5, 5.41) is 17.8. The Morgan fingerprint density at radius 2 is 1.67 bits per heavy atom. The van der Waals surface area contributed by atoms with Gasteiger partial charge in [0, 0.05) is 82.5 Å². The van der Waals surface area contributed by atoms with Crippen molar-refractivity contribution in [2.24, 2.45) is 0 Å². The number of nitrogens with one attached hydrogen (secondary N) is 1. The van der Waals surface area contributed by atoms with Gasteiger partial charge in [0.05, 0.1) is 11.5 Å². The van der Waals surface area contributed by atoms with Gasteiger partial charge in [0.25, 0.3) is 5.91 Å². The standard InChI is InChI=1S/C35H35N3O4S/c39-34(36-11-16-43)22-9-10-23(35(40)41)26(19-22)29-27-17-20-5-1-12-37-14-3-7-24(30(20)37)32(27)42-33-25-8-4-15-38-13-2-6-21(31(25)38)18-28(29)33/h9-10,17-19H,1-8,11-16H2,(H2-,36,39,40,41,43). The van der Waals surface area contributed by atoms with Crippen molar-refractivity contribution in [2.45, 2.75) is 51.4 Å². The van der Waals surface area contributed by atoms with Crippen LogP contribution in [-0.4, -0.2) is 50.4 Å². The van der Waals surface area contributed by atoms with E-state index in [0.29, 0.717) is 23.4 Å². The fraction of sp³-hybridized carbons (Fsp3) is 0.400. The molecular weight excluding hydrogens is 558 g/mol. The maximum atomic E-state index is 13.1. The van der Waals surface area contributed by atoms with E-state index in [-0.39, 0.29) is 11.5 Å². The lowest BCUT2D eigenvalue weighted by Crippen LogP contribution is -2.45. The Kier molecular flexibility index (Phi) is 6.51. The number of nitrogens with zero attached hydrogens (tertiary/aromatic N) is 2. The number of ether oxygens (including phenoxy) is 1. The number of aromatic carboxylic acids is 1. The van der Waals surface area contributed by atoms with Crippen LogP contribution < -0.4 is 35.2 Å². The van der Waals surface area contributed by atoms with Gasteiger partial charge >= 0.3 is 0 Å². The Morgan fingerprint density at radius 3 is 2.49 bits per heavy atom. The Morgan fingerprint density at radius 1 is 0.907 bits per heavy atom. The highest BCUT2D eigenvalue weighted by Gasteiger charge is 2.36. The van der Waals surface area contributed by atoms with Crippen molar-refractivity contribution in [3.8, 4) is 11.5 Å². The molecule has 220 valence electrons. The molecule has 1 N–H and O–H groups in total. The Bertz CT molecular complexity index is 1860. The molecule has 5 aliphatic rings. The van der Waals surface area contributed by atoms with E-state index in [1.807, 2.05) is 0 Å². The Labute approximate surface area is 256 Å². The van der Waals surface area contributed by atoms with Gasteiger partial charge in [-0.15, -0.1) is 0 Å². The number of anilines is 1. The van der Waals surface area contributed by atoms with E-state index in [4.69, 9.17) is 4.74 Å². The van der Waals surface area contributed by atoms with Gasteiger partial charge in [-0.2, -0.15) is 12.6 Å². The van der Waals surface area contributed by atoms with Gasteiger partial charge in [-0.3, -0.25) is 4.79 Å². The smallest absolute Gasteiger partial charge is 0.251 e. The third-order valence-electron chi connectivity index (χ3n) is 9.86. The van der Waals surface area contributed by atoms with Gasteiger partial charge < -0.3 is 24.9 Å². The number of hydrogen-bond acceptors (Lipinski definition) is 6. The van der Waals surface area contributed by atoms with Crippen molar-refractivity contribution in [3.05, 3.63) is 85.4 Å². The molecule has 8 heteroatoms. The number of carboxylic acids is 1. The summed E-state index contributed by atoms with van der Waals surface area (Å²) >= 11 is 4.23. The maximum Gasteiger partial charge on any atom is 0.251 e. The highest BCUT2D eigenvalue weighted by Crippen LogP contribution is 2.48. The van der Waals surface area contributed by atoms with Gasteiger partial charge in [-0.1, -0.05) is 6.07 Å². The lowest BCUT2D eigenvalue weighted by atomic mass is 9.81. The monoisotopic (exact) mass is 593 g/mol. The zero-order chi connectivity index (χ0) is 29.2. The summed E-state index contributed by atoms with van der Waals surface area (Å²) in [6.45, 7) is 4.64. The van der Waals surface area contributed by atoms with Crippen molar-refractivity contribution in [1.29, 1.82) is 0 Å². The predicted molar refractivity (Wildman–Crippen MR) is 167 cm³/mol. The van der Waals surface area contributed by atoms with Crippen LogP contribution in [0.25, 0.3) is 5.57 Å². The predicted octanol–water partition coefficient (Wildman–Crippen LogP) is 2.14. The van der Waals surface area contributed by atoms with Crippen LogP contribution >= 0.6 is 12.6 Å². The van der Waals surface area contributed by atoms with Crippen LogP contribution in [-0.2, 0) is 25.7 Å². The first-order valence-electron chi connectivity index (χ1n) is 15.7. The molecule has 7 nitrogen and oxygen atoms in total. The normalized spacial score (nSPS) is 17.7. The summed E-state index contributed by atoms with van der Waals surface area (Å²) in [6.07, 6.45) is 8.13. The average molecular weight is 594 g/mol. The first-order chi connectivity index (χ1) is 21.0. The van der Waals surface area contributed by atoms with Gasteiger partial charge in [-0.25, -0.2) is 4.58 Å². The molecule has 0 aromatic heterocycles. The molecule has 0 aliphatic carbocycles. The molecule has 5 heterocycles. The van der Waals surface area contributed by atoms with E-state index < -0.39 is 5.97 Å². The van der Waals surface area contributed by atoms with E-state index in [1.54, 1.807) is 12.1 Å². The summed E-state index contributed by atoms with van der Waals surface area (Å²) < 4.78 is 9.58. The molecule has 5 aliphatic heterocycles. The van der Waals surface area contributed by atoms with E-state index in [2.05, 4.69) is 39.6 Å². The second kappa shape index (κ2) is 10.4. The molecule has 0 spiro atoms. The van der Waals surface area contributed by atoms with Crippen molar-refractivity contribution in [2.75, 3.05) is 43.4 Å². The van der Waals surface area contributed by atoms with Crippen LogP contribution in [0.2, 0.25) is 0 Å². The van der Waals surface area contributed by atoms with E-state index in [1.165, 1.54) is 39.4 Å². The first kappa shape index (κ1) is 26.8. The van der Waals surface area contributed by atoms with E-state index in [0.717, 1.165) is 105 Å². The van der Waals surface area contributed by atoms with Crippen LogP contribution in [0.5, 0.6) is 11.5 Å². The molecule has 0 atom stereocenters. The number of benzene rings is 3. The number of carbonyl (C=O) groups is 2. The van der Waals surface area contributed by atoms with Gasteiger partial charge in [0.1, 0.15) is 24.6 Å². The largest absolute Gasteiger partial charge is 0.545 e. The number of aryl methyl sites for hydroxylation is 2. The Hall–Kier alpha value is -3.78. The average Bonchev–Trinajstić information content (AvgIpc) is 3.03. The highest BCUT2D eigenvalue weighted by molar-refractivity contribution is 7.80. The number of hydrogen-bond donors (Lipinski definition) is 2. The molecule has 1 amide bonds. The zero-order valence-corrected chi connectivity index (χ0v) is 25.2. The van der Waals surface area contributed by atoms with Crippen LogP contribution in [0.15, 0.2) is 30.3 Å². The summed E-state index contributed by atoms with van der Waals surface area (Å²) in [4.78, 5) is 28.3. The van der Waals surface area contributed by atoms with Crippen molar-refractivity contribution < 1.29 is 19.4 Å². The lowest BCUT2D eigenvalue weighted by molar-refractivity contribution is -0.255. The molecule has 3 aromatic carbocycles. The third kappa shape index (κ3) is 4.20. The van der Waals surface area contributed by atoms with Crippen LogP contribution in [0.4, 0.5) is 5.69 Å². The fourth-order valence-electron chi connectivity index (χ4n) is 8.15. The zero-order valence-electron chi connectivity index (χ0n) is 24.3. The number of rotatable bonds is 5. The van der Waals surface area contributed by atoms with Crippen LogP contribution in [0.1, 0.15) is 79.8 Å². The van der Waals surface area contributed by atoms with Crippen molar-refractivity contribution >= 4 is 35.8 Å². The third-order valence-corrected chi connectivity index (χ3v) is 10.1. The second-order valence-electron chi connectivity index (χ2n) is 12.4. The second-order valence-corrected chi connectivity index (χ2v) is 12.8. The van der Waals surface area contributed by atoms with Crippen LogP contribution in [0.3, 0.4) is 0 Å². The number of thiol groups is 1. The number of fused-ring (bicyclic) bond motifs is 4. The number of carbonyl (C=O) groups excluding carboxylic acids is 2. The van der Waals surface area contributed by atoms with E-state index >= 15 is 0 Å². The minimum atomic E-state index is -1.25. The lowest BCUT2D eigenvalue weighted by Gasteiger charge is -2.39. The quantitative estimate of drug-likeness (QED) is 0.274. The fourth-order valence-corrected chi connectivity index (χ4v) is 8.26. The molecule has 0 radical (unpaired) electrons. The molecule has 0 saturated carbocycles. The van der Waals surface area contributed by atoms with E-state index in [9.17, 15) is 14.7 Å². The summed E-state index contributed by atoms with van der Waals surface area (Å²) in [5.74, 6) is 0.717. The molecule has 0 bridgehead atoms. The Balaban J connectivity index is 1.49. The van der Waals surface area contributed by atoms with Crippen molar-refractivity contribution in [3.63, 3.8) is 0 Å². The van der Waals surface area contributed by atoms with Crippen molar-refractivity contribution in [1.82, 2.24) is 9.89 Å². The summed E-state index contributed by atoms with van der Waals surface area (Å²) in [5.41, 5.74) is 9.15. The minimum Gasteiger partial charge on any atom is -0.545 e. The van der Waals surface area contributed by atoms with Gasteiger partial charge in [0.2, 0.25) is 5.36 Å². The summed E-state index contributed by atoms with van der Waals surface area (Å²) in [7, 11) is 0. The molecule has 0 fully saturated rings. The first-order valence-corrected chi connectivity index (χ1v) is 16.3. The van der Waals surface area contributed by atoms with Gasteiger partial charge in [0.15, 0.2) is 0 Å². The van der Waals surface area contributed by atoms with Crippen LogP contribution in [0, 0.1) is 0 Å². The molecule has 0 unspecified atom stereocenters. The maximum absolute atomic E-state index is 13.1. The number of carboxylic acid groups (broad SMARTS) is 1. The highest BCUT2D eigenvalue weighted by atomic mass is 32.1. The summed E-state index contributed by atoms with van der Waals surface area (Å²) in [6, 6.07) is 9.33. The molecule has 43 heavy (non-hydrogen) atoms.